The molecule has 0 aromatic heterocycles. The van der Waals surface area contributed by atoms with Crippen LogP contribution in [0.5, 0.6) is 23.0 Å². The van der Waals surface area contributed by atoms with Gasteiger partial charge >= 0.3 is 6.03 Å². The molecule has 1 N–H and O–H groups in total. The Labute approximate surface area is 172 Å². The molecule has 0 aliphatic carbocycles. The van der Waals surface area contributed by atoms with Gasteiger partial charge in [-0.15, -0.1) is 0 Å². The molecule has 0 atom stereocenters. The van der Waals surface area contributed by atoms with E-state index in [-0.39, 0.29) is 11.3 Å². The monoisotopic (exact) mass is 412 g/mol. The number of rotatable bonds is 6. The number of barbiturate groups is 1. The number of anilines is 1. The minimum Gasteiger partial charge on any atom is -0.497 e. The van der Waals surface area contributed by atoms with Crippen LogP contribution in [0, 0.1) is 0 Å². The van der Waals surface area contributed by atoms with Crippen LogP contribution in [0.4, 0.5) is 10.5 Å². The third-order valence-electron chi connectivity index (χ3n) is 4.47. The van der Waals surface area contributed by atoms with Crippen LogP contribution in [-0.2, 0) is 9.59 Å². The molecular formula is C21H20N2O7. The first-order valence-corrected chi connectivity index (χ1v) is 8.79. The lowest BCUT2D eigenvalue weighted by Crippen LogP contribution is -2.54. The molecule has 3 rings (SSSR count). The van der Waals surface area contributed by atoms with Gasteiger partial charge in [0.05, 0.1) is 39.7 Å². The Morgan fingerprint density at radius 3 is 1.87 bits per heavy atom. The molecule has 0 spiro atoms. The maximum Gasteiger partial charge on any atom is 0.335 e. The molecule has 9 nitrogen and oxygen atoms in total. The maximum absolute atomic E-state index is 13.1. The van der Waals surface area contributed by atoms with E-state index < -0.39 is 17.8 Å². The summed E-state index contributed by atoms with van der Waals surface area (Å²) in [6, 6.07) is 8.62. The number of imide groups is 2. The average Bonchev–Trinajstić information content (AvgIpc) is 2.76. The summed E-state index contributed by atoms with van der Waals surface area (Å²) >= 11 is 0. The van der Waals surface area contributed by atoms with Crippen LogP contribution < -0.4 is 29.2 Å². The van der Waals surface area contributed by atoms with E-state index in [0.29, 0.717) is 28.6 Å². The number of hydrogen-bond acceptors (Lipinski definition) is 7. The first-order valence-electron chi connectivity index (χ1n) is 8.79. The third kappa shape index (κ3) is 3.77. The second kappa shape index (κ2) is 8.56. The lowest BCUT2D eigenvalue weighted by atomic mass is 10.0. The van der Waals surface area contributed by atoms with Crippen LogP contribution in [0.25, 0.3) is 6.08 Å². The van der Waals surface area contributed by atoms with Crippen molar-refractivity contribution in [3.63, 3.8) is 0 Å². The highest BCUT2D eigenvalue weighted by Gasteiger charge is 2.37. The molecule has 9 heteroatoms. The predicted octanol–water partition coefficient (Wildman–Crippen LogP) is 2.39. The molecule has 0 bridgehead atoms. The van der Waals surface area contributed by atoms with Gasteiger partial charge in [0.15, 0.2) is 0 Å². The van der Waals surface area contributed by atoms with Gasteiger partial charge in [-0.2, -0.15) is 0 Å². The van der Waals surface area contributed by atoms with Gasteiger partial charge in [-0.3, -0.25) is 14.9 Å². The van der Waals surface area contributed by atoms with Crippen LogP contribution in [0.2, 0.25) is 0 Å². The van der Waals surface area contributed by atoms with Crippen molar-refractivity contribution in [3.8, 4) is 23.0 Å². The molecule has 1 heterocycles. The molecule has 4 amide bonds. The molecule has 1 fully saturated rings. The van der Waals surface area contributed by atoms with E-state index in [1.165, 1.54) is 46.6 Å². The smallest absolute Gasteiger partial charge is 0.335 e. The minimum atomic E-state index is -0.846. The summed E-state index contributed by atoms with van der Waals surface area (Å²) in [5.41, 5.74) is 0.376. The summed E-state index contributed by atoms with van der Waals surface area (Å²) in [6.45, 7) is 0. The predicted molar refractivity (Wildman–Crippen MR) is 108 cm³/mol. The largest absolute Gasteiger partial charge is 0.497 e. The Hall–Kier alpha value is -4.01. The van der Waals surface area contributed by atoms with Crippen molar-refractivity contribution in [3.05, 3.63) is 47.5 Å². The first kappa shape index (κ1) is 20.7. The molecule has 0 radical (unpaired) electrons. The number of nitrogens with one attached hydrogen (secondary N) is 1. The topological polar surface area (TPSA) is 103 Å². The summed E-state index contributed by atoms with van der Waals surface area (Å²) in [7, 11) is 5.87. The normalized spacial score (nSPS) is 15.1. The lowest BCUT2D eigenvalue weighted by Gasteiger charge is -2.26. The standard InChI is InChI=1S/C21H20N2O7/c1-27-13-7-5-12(6-8-13)23-20(25)16(19(24)22-21(23)26)11-15-17(29-3)9-14(28-2)10-18(15)30-4/h5-11H,1-4H3,(H,22,24,26)/b16-11-. The second-order valence-electron chi connectivity index (χ2n) is 6.10. The number of urea groups is 1. The van der Waals surface area contributed by atoms with Gasteiger partial charge < -0.3 is 18.9 Å². The molecule has 2 aromatic carbocycles. The summed E-state index contributed by atoms with van der Waals surface area (Å²) in [5.74, 6) is 0.0754. The van der Waals surface area contributed by atoms with Crippen molar-refractivity contribution in [2.24, 2.45) is 0 Å². The van der Waals surface area contributed by atoms with Crippen LogP contribution in [0.3, 0.4) is 0 Å². The number of hydrogen-bond donors (Lipinski definition) is 1. The molecule has 1 aliphatic heterocycles. The van der Waals surface area contributed by atoms with Gasteiger partial charge in [0, 0.05) is 12.1 Å². The Balaban J connectivity index is 2.08. The number of carbonyl (C=O) groups is 3. The van der Waals surface area contributed by atoms with E-state index in [9.17, 15) is 14.4 Å². The number of ether oxygens (including phenoxy) is 4. The Kier molecular flexibility index (Phi) is 5.91. The number of carbonyl (C=O) groups excluding carboxylic acids is 3. The van der Waals surface area contributed by atoms with E-state index in [0.717, 1.165) is 4.90 Å². The summed E-state index contributed by atoms with van der Waals surface area (Å²) in [6.07, 6.45) is 1.32. The fourth-order valence-electron chi connectivity index (χ4n) is 2.94. The molecule has 2 aromatic rings. The van der Waals surface area contributed by atoms with Gasteiger partial charge in [-0.05, 0) is 30.3 Å². The van der Waals surface area contributed by atoms with Crippen LogP contribution >= 0.6 is 0 Å². The van der Waals surface area contributed by atoms with Gasteiger partial charge in [-0.25, -0.2) is 9.69 Å². The zero-order valence-electron chi connectivity index (χ0n) is 16.8. The highest BCUT2D eigenvalue weighted by molar-refractivity contribution is 6.39. The van der Waals surface area contributed by atoms with Gasteiger partial charge in [-0.1, -0.05) is 0 Å². The number of nitrogens with zero attached hydrogens (tertiary/aromatic N) is 1. The van der Waals surface area contributed by atoms with Crippen molar-refractivity contribution < 1.29 is 33.3 Å². The van der Waals surface area contributed by atoms with Crippen molar-refractivity contribution in [1.29, 1.82) is 0 Å². The van der Waals surface area contributed by atoms with Crippen molar-refractivity contribution >= 4 is 29.6 Å². The van der Waals surface area contributed by atoms with Crippen LogP contribution in [-0.4, -0.2) is 46.3 Å². The summed E-state index contributed by atoms with van der Waals surface area (Å²) in [5, 5.41) is 2.18. The Morgan fingerprint density at radius 1 is 0.800 bits per heavy atom. The van der Waals surface area contributed by atoms with E-state index in [1.807, 2.05) is 0 Å². The number of methoxy groups -OCH3 is 4. The molecule has 1 saturated heterocycles. The number of benzene rings is 2. The van der Waals surface area contributed by atoms with Crippen LogP contribution in [0.15, 0.2) is 42.0 Å². The average molecular weight is 412 g/mol. The molecule has 0 unspecified atom stereocenters. The van der Waals surface area contributed by atoms with Gasteiger partial charge in [0.25, 0.3) is 11.8 Å². The summed E-state index contributed by atoms with van der Waals surface area (Å²) in [4.78, 5) is 38.7. The van der Waals surface area contributed by atoms with E-state index in [1.54, 1.807) is 24.3 Å². The fraction of sp³-hybridized carbons (Fsp3) is 0.190. The molecule has 1 aliphatic rings. The third-order valence-corrected chi connectivity index (χ3v) is 4.47. The molecular weight excluding hydrogens is 392 g/mol. The Bertz CT molecular complexity index is 1000. The van der Waals surface area contributed by atoms with E-state index in [2.05, 4.69) is 5.32 Å². The van der Waals surface area contributed by atoms with Crippen molar-refractivity contribution in [1.82, 2.24) is 5.32 Å². The van der Waals surface area contributed by atoms with Gasteiger partial charge in [0.1, 0.15) is 28.6 Å². The van der Waals surface area contributed by atoms with Crippen molar-refractivity contribution in [2.45, 2.75) is 0 Å². The second-order valence-corrected chi connectivity index (χ2v) is 6.10. The molecule has 0 saturated carbocycles. The fourth-order valence-corrected chi connectivity index (χ4v) is 2.94. The van der Waals surface area contributed by atoms with Crippen molar-refractivity contribution in [2.75, 3.05) is 33.3 Å². The van der Waals surface area contributed by atoms with Crippen LogP contribution in [0.1, 0.15) is 5.56 Å². The Morgan fingerprint density at radius 2 is 1.37 bits per heavy atom. The molecule has 30 heavy (non-hydrogen) atoms. The quantitative estimate of drug-likeness (QED) is 0.574. The zero-order valence-corrected chi connectivity index (χ0v) is 16.8. The highest BCUT2D eigenvalue weighted by Crippen LogP contribution is 2.36. The first-order chi connectivity index (χ1) is 14.4. The van der Waals surface area contributed by atoms with E-state index >= 15 is 0 Å². The minimum absolute atomic E-state index is 0.257. The van der Waals surface area contributed by atoms with E-state index in [4.69, 9.17) is 18.9 Å². The number of amides is 4. The lowest BCUT2D eigenvalue weighted by molar-refractivity contribution is -0.122. The highest BCUT2D eigenvalue weighted by atomic mass is 16.5. The summed E-state index contributed by atoms with van der Waals surface area (Å²) < 4.78 is 21.0. The SMILES string of the molecule is COc1ccc(N2C(=O)NC(=O)/C(=C/c3c(OC)cc(OC)cc3OC)C2=O)cc1. The molecule has 156 valence electrons. The maximum atomic E-state index is 13.1. The van der Waals surface area contributed by atoms with Gasteiger partial charge in [0.2, 0.25) is 0 Å². The zero-order chi connectivity index (χ0) is 21.8.